The molecule has 6 aliphatic rings. The summed E-state index contributed by atoms with van der Waals surface area (Å²) >= 11 is 0. The fraction of sp³-hybridized carbons (Fsp3) is 0.564. The van der Waals surface area contributed by atoms with Crippen LogP contribution < -0.4 is 0 Å². The molecule has 6 aliphatic carbocycles. The van der Waals surface area contributed by atoms with Crippen molar-refractivity contribution in [3.8, 4) is 11.1 Å². The second kappa shape index (κ2) is 12.4. The lowest BCUT2D eigenvalue weighted by Gasteiger charge is -2.55. The zero-order valence-corrected chi connectivity index (χ0v) is 35.8. The van der Waals surface area contributed by atoms with E-state index in [1.165, 1.54) is 105 Å². The zero-order valence-electron chi connectivity index (χ0n) is 35.8. The summed E-state index contributed by atoms with van der Waals surface area (Å²) in [4.78, 5) is 0. The Morgan fingerprint density at radius 1 is 0.564 bits per heavy atom. The van der Waals surface area contributed by atoms with Gasteiger partial charge in [-0.3, -0.25) is 0 Å². The molecule has 0 heteroatoms. The third kappa shape index (κ3) is 5.00. The molecule has 0 amide bonds. The molecule has 0 aliphatic heterocycles. The highest BCUT2D eigenvalue weighted by molar-refractivity contribution is 6.12. The molecule has 0 radical (unpaired) electrons. The molecule has 2 atom stereocenters. The number of rotatable bonds is 3. The van der Waals surface area contributed by atoms with Gasteiger partial charge in [0.25, 0.3) is 0 Å². The van der Waals surface area contributed by atoms with Gasteiger partial charge in [0.2, 0.25) is 0 Å². The van der Waals surface area contributed by atoms with E-state index in [0.717, 1.165) is 35.5 Å². The maximum absolute atomic E-state index is 2.75. The fourth-order valence-electron chi connectivity index (χ4n) is 15.0. The van der Waals surface area contributed by atoms with Gasteiger partial charge in [0, 0.05) is 16.2 Å². The molecule has 4 aromatic carbocycles. The molecule has 0 heterocycles. The highest BCUT2D eigenvalue weighted by atomic mass is 14.6. The van der Waals surface area contributed by atoms with E-state index in [1.807, 2.05) is 0 Å². The predicted molar refractivity (Wildman–Crippen MR) is 236 cm³/mol. The normalized spacial score (nSPS) is 28.4. The van der Waals surface area contributed by atoms with Gasteiger partial charge in [0.1, 0.15) is 0 Å². The fourth-order valence-corrected chi connectivity index (χ4v) is 15.0. The Labute approximate surface area is 334 Å². The van der Waals surface area contributed by atoms with Gasteiger partial charge in [0.05, 0.1) is 0 Å². The number of hydrogen-bond donors (Lipinski definition) is 0. The topological polar surface area (TPSA) is 0 Å². The van der Waals surface area contributed by atoms with Crippen LogP contribution in [0.15, 0.2) is 66.7 Å². The van der Waals surface area contributed by atoms with Crippen LogP contribution in [0, 0.1) is 35.5 Å². The molecule has 0 nitrogen and oxygen atoms in total. The summed E-state index contributed by atoms with van der Waals surface area (Å²) in [6.07, 6.45) is 17.1. The van der Waals surface area contributed by atoms with Crippen molar-refractivity contribution in [1.82, 2.24) is 0 Å². The van der Waals surface area contributed by atoms with Crippen molar-refractivity contribution in [1.29, 1.82) is 0 Å². The third-order valence-corrected chi connectivity index (χ3v) is 17.0. The SMILES string of the molecule is CC(C)C1C(C2CCCCC2)CC2(CC1C1CCCCC1)c1ccc3c(c1-c1cc(C(C)(C)C)c4ccccc4c12)C(C)(C)C1=C3C(C)(C)c2ccccc21. The average Bonchev–Trinajstić information content (AvgIpc) is 3.69. The Bertz CT molecular complexity index is 2190. The summed E-state index contributed by atoms with van der Waals surface area (Å²) in [5, 5.41) is 3.06. The zero-order chi connectivity index (χ0) is 38.2. The van der Waals surface area contributed by atoms with E-state index in [4.69, 9.17) is 0 Å². The summed E-state index contributed by atoms with van der Waals surface area (Å²) in [6, 6.07) is 27.3. The first-order valence-corrected chi connectivity index (χ1v) is 22.9. The second-order valence-corrected chi connectivity index (χ2v) is 22.0. The Balaban J connectivity index is 1.29. The van der Waals surface area contributed by atoms with Crippen LogP contribution in [-0.2, 0) is 21.7 Å². The highest BCUT2D eigenvalue weighted by Crippen LogP contribution is 2.70. The molecular formula is C55H68. The van der Waals surface area contributed by atoms with Crippen LogP contribution in [0.4, 0.5) is 0 Å². The van der Waals surface area contributed by atoms with Crippen molar-refractivity contribution in [2.24, 2.45) is 35.5 Å². The van der Waals surface area contributed by atoms with Crippen molar-refractivity contribution in [3.05, 3.63) is 106 Å². The van der Waals surface area contributed by atoms with Crippen LogP contribution in [0.2, 0.25) is 0 Å². The monoisotopic (exact) mass is 729 g/mol. The van der Waals surface area contributed by atoms with E-state index in [9.17, 15) is 0 Å². The summed E-state index contributed by atoms with van der Waals surface area (Å²) in [5.74, 6) is 4.88. The van der Waals surface area contributed by atoms with Gasteiger partial charge in [-0.15, -0.1) is 0 Å². The Kier molecular flexibility index (Phi) is 8.20. The molecular weight excluding hydrogens is 661 g/mol. The molecule has 1 spiro atoms. The summed E-state index contributed by atoms with van der Waals surface area (Å²) in [5.41, 5.74) is 17.6. The number of allylic oxidation sites excluding steroid dienone is 2. The Morgan fingerprint density at radius 3 is 1.73 bits per heavy atom. The second-order valence-electron chi connectivity index (χ2n) is 22.0. The van der Waals surface area contributed by atoms with Gasteiger partial charge in [-0.1, -0.05) is 187 Å². The van der Waals surface area contributed by atoms with Crippen LogP contribution in [0.25, 0.3) is 33.0 Å². The quantitative estimate of drug-likeness (QED) is 0.197. The molecule has 10 rings (SSSR count). The maximum Gasteiger partial charge on any atom is 0.0227 e. The van der Waals surface area contributed by atoms with Crippen LogP contribution in [0.3, 0.4) is 0 Å². The van der Waals surface area contributed by atoms with E-state index in [2.05, 4.69) is 129 Å². The molecule has 3 fully saturated rings. The lowest BCUT2D eigenvalue weighted by atomic mass is 9.49. The minimum Gasteiger partial charge on any atom is -0.0625 e. The minimum absolute atomic E-state index is 0.0186. The van der Waals surface area contributed by atoms with E-state index in [0.29, 0.717) is 0 Å². The van der Waals surface area contributed by atoms with Crippen molar-refractivity contribution >= 4 is 21.9 Å². The van der Waals surface area contributed by atoms with Gasteiger partial charge >= 0.3 is 0 Å². The molecule has 55 heavy (non-hydrogen) atoms. The molecule has 4 aromatic rings. The van der Waals surface area contributed by atoms with Crippen molar-refractivity contribution in [2.75, 3.05) is 0 Å². The average molecular weight is 729 g/mol. The lowest BCUT2D eigenvalue weighted by molar-refractivity contribution is -0.0164. The Hall–Kier alpha value is -3.12. The first-order chi connectivity index (χ1) is 26.3. The van der Waals surface area contributed by atoms with E-state index in [1.54, 1.807) is 44.3 Å². The van der Waals surface area contributed by atoms with Crippen molar-refractivity contribution < 1.29 is 0 Å². The van der Waals surface area contributed by atoms with Crippen molar-refractivity contribution in [3.63, 3.8) is 0 Å². The highest BCUT2D eigenvalue weighted by Gasteiger charge is 2.59. The maximum atomic E-state index is 2.75. The predicted octanol–water partition coefficient (Wildman–Crippen LogP) is 15.4. The summed E-state index contributed by atoms with van der Waals surface area (Å²) < 4.78 is 0. The summed E-state index contributed by atoms with van der Waals surface area (Å²) in [6.45, 7) is 22.8. The molecule has 288 valence electrons. The van der Waals surface area contributed by atoms with Gasteiger partial charge in [-0.05, 0) is 132 Å². The van der Waals surface area contributed by atoms with Gasteiger partial charge in [-0.25, -0.2) is 0 Å². The third-order valence-electron chi connectivity index (χ3n) is 17.0. The molecule has 0 N–H and O–H groups in total. The van der Waals surface area contributed by atoms with E-state index < -0.39 is 0 Å². The minimum atomic E-state index is -0.0864. The van der Waals surface area contributed by atoms with Crippen LogP contribution in [0.5, 0.6) is 0 Å². The molecule has 0 bridgehead atoms. The van der Waals surface area contributed by atoms with E-state index >= 15 is 0 Å². The Morgan fingerprint density at radius 2 is 1.13 bits per heavy atom. The number of hydrogen-bond acceptors (Lipinski definition) is 0. The van der Waals surface area contributed by atoms with Gasteiger partial charge in [-0.2, -0.15) is 0 Å². The van der Waals surface area contributed by atoms with Gasteiger partial charge in [0.15, 0.2) is 0 Å². The van der Waals surface area contributed by atoms with Crippen molar-refractivity contribution in [2.45, 2.75) is 161 Å². The molecule has 3 saturated carbocycles. The first kappa shape index (κ1) is 36.2. The van der Waals surface area contributed by atoms with Crippen LogP contribution >= 0.6 is 0 Å². The number of benzene rings is 4. The molecule has 0 saturated heterocycles. The number of fused-ring (bicyclic) bond motifs is 12. The first-order valence-electron chi connectivity index (χ1n) is 22.9. The molecule has 2 unspecified atom stereocenters. The van der Waals surface area contributed by atoms with Crippen LogP contribution in [-0.4, -0.2) is 0 Å². The standard InChI is InChI=1S/C55H68/c1-33(2)46-41(34-20-12-10-13-21-34)31-55(32-42(46)35-22-14-11-15-23-35)44-29-28-39-49(54(8,9)50-38-26-18-19-27-43(38)53(6,7)51(39)50)47(44)40-30-45(52(3,4)5)36-24-16-17-25-37(36)48(40)55/h16-19,24-30,33-35,41-42,46H,10-15,20-23,31-32H2,1-9H3. The summed E-state index contributed by atoms with van der Waals surface area (Å²) in [7, 11) is 0. The largest absolute Gasteiger partial charge is 0.0625 e. The van der Waals surface area contributed by atoms with E-state index in [-0.39, 0.29) is 21.7 Å². The van der Waals surface area contributed by atoms with Crippen LogP contribution in [0.1, 0.15) is 178 Å². The molecule has 0 aromatic heterocycles. The lowest BCUT2D eigenvalue weighted by Crippen LogP contribution is -2.49. The van der Waals surface area contributed by atoms with Gasteiger partial charge < -0.3 is 0 Å². The smallest absolute Gasteiger partial charge is 0.0227 e.